The maximum Gasteiger partial charge on any atom is 0.225 e. The molecule has 7 nitrogen and oxygen atoms in total. The van der Waals surface area contributed by atoms with Gasteiger partial charge in [0, 0.05) is 6.42 Å². The van der Waals surface area contributed by atoms with Crippen LogP contribution in [-0.4, -0.2) is 38.3 Å². The predicted molar refractivity (Wildman–Crippen MR) is 126 cm³/mol. The molecule has 33 heavy (non-hydrogen) atoms. The van der Waals surface area contributed by atoms with Gasteiger partial charge < -0.3 is 14.2 Å². The lowest BCUT2D eigenvalue weighted by Gasteiger charge is -2.20. The number of hydrogen-bond donors (Lipinski definition) is 0. The Hall–Kier alpha value is -2.87. The molecular weight excluding hydrogens is 463 g/mol. The van der Waals surface area contributed by atoms with Crippen molar-refractivity contribution in [3.05, 3.63) is 76.4 Å². The van der Waals surface area contributed by atoms with Gasteiger partial charge in [0.15, 0.2) is 10.8 Å². The third-order valence-electron chi connectivity index (χ3n) is 5.59. The van der Waals surface area contributed by atoms with Crippen LogP contribution in [0.5, 0.6) is 11.5 Å². The highest BCUT2D eigenvalue weighted by Crippen LogP contribution is 2.35. The van der Waals surface area contributed by atoms with Crippen molar-refractivity contribution >= 4 is 34.4 Å². The summed E-state index contributed by atoms with van der Waals surface area (Å²) in [6.07, 6.45) is 1.27. The van der Waals surface area contributed by atoms with Gasteiger partial charge in [-0.2, -0.15) is 4.98 Å². The van der Waals surface area contributed by atoms with Gasteiger partial charge >= 0.3 is 0 Å². The van der Waals surface area contributed by atoms with E-state index in [0.717, 1.165) is 11.5 Å². The highest BCUT2D eigenvalue weighted by Gasteiger charge is 2.39. The van der Waals surface area contributed by atoms with E-state index >= 15 is 0 Å². The number of halogens is 2. The minimum atomic E-state index is -0.376. The molecule has 1 fully saturated rings. The fourth-order valence-electron chi connectivity index (χ4n) is 3.82. The first-order chi connectivity index (χ1) is 16.0. The molecule has 0 aliphatic carbocycles. The Morgan fingerprint density at radius 2 is 1.64 bits per heavy atom. The lowest BCUT2D eigenvalue weighted by Crippen LogP contribution is -2.32. The maximum absolute atomic E-state index is 6.37. The van der Waals surface area contributed by atoms with Crippen molar-refractivity contribution in [2.45, 2.75) is 38.7 Å². The first-order valence-corrected chi connectivity index (χ1v) is 11.4. The van der Waals surface area contributed by atoms with Gasteiger partial charge in [-0.05, 0) is 49.7 Å². The molecule has 9 heteroatoms. The second-order valence-corrected chi connectivity index (χ2v) is 8.76. The van der Waals surface area contributed by atoms with Crippen LogP contribution >= 0.6 is 23.2 Å². The molecule has 1 saturated heterocycles. The van der Waals surface area contributed by atoms with Crippen molar-refractivity contribution in [3.8, 4) is 11.5 Å². The minimum Gasteiger partial charge on any atom is -0.491 e. The van der Waals surface area contributed by atoms with E-state index in [4.69, 9.17) is 37.4 Å². The predicted octanol–water partition coefficient (Wildman–Crippen LogP) is 5.56. The summed E-state index contributed by atoms with van der Waals surface area (Å²) < 4.78 is 20.5. The van der Waals surface area contributed by atoms with Crippen LogP contribution in [0.25, 0.3) is 11.2 Å². The van der Waals surface area contributed by atoms with E-state index < -0.39 is 0 Å². The van der Waals surface area contributed by atoms with Gasteiger partial charge in [-0.15, -0.1) is 0 Å². The fraction of sp³-hybridized carbons (Fsp3) is 0.292. The fourth-order valence-corrected chi connectivity index (χ4v) is 4.24. The van der Waals surface area contributed by atoms with Crippen molar-refractivity contribution in [2.75, 3.05) is 6.61 Å². The molecule has 2 aromatic carbocycles. The zero-order valence-corrected chi connectivity index (χ0v) is 19.6. The van der Waals surface area contributed by atoms with Crippen LogP contribution in [0, 0.1) is 13.8 Å². The average molecular weight is 485 g/mol. The summed E-state index contributed by atoms with van der Waals surface area (Å²) in [5.74, 6) is 1.56. The van der Waals surface area contributed by atoms with Crippen molar-refractivity contribution in [3.63, 3.8) is 0 Å². The van der Waals surface area contributed by atoms with Crippen LogP contribution in [0.2, 0.25) is 10.4 Å². The number of benzene rings is 2. The third-order valence-corrected chi connectivity index (χ3v) is 6.02. The first-order valence-electron chi connectivity index (χ1n) is 10.6. The summed E-state index contributed by atoms with van der Waals surface area (Å²) in [6, 6.07) is 15.9. The SMILES string of the molecule is Cc1ccc(OC[C@H]2O[C@H](n3cnc4c(Cl)nc(Cl)nc43)C[C@@H]2Oc2ccc(C)cc2)cc1. The highest BCUT2D eigenvalue weighted by molar-refractivity contribution is 6.35. The number of aryl methyl sites for hydroxylation is 2. The number of fused-ring (bicyclic) bond motifs is 1. The summed E-state index contributed by atoms with van der Waals surface area (Å²) in [6.45, 7) is 4.41. The molecule has 5 rings (SSSR count). The molecule has 170 valence electrons. The van der Waals surface area contributed by atoms with E-state index in [-0.39, 0.29) is 28.9 Å². The van der Waals surface area contributed by atoms with Gasteiger partial charge in [0.1, 0.15) is 42.1 Å². The standard InChI is InChI=1S/C24H22Cl2N4O3/c1-14-3-7-16(8-4-14)31-12-19-18(32-17-9-5-15(2)6-10-17)11-20(33-19)30-13-27-21-22(25)28-24(26)29-23(21)30/h3-10,13,18-20H,11-12H2,1-2H3/t18-,19+,20-/m0/s1. The molecule has 0 bridgehead atoms. The van der Waals surface area contributed by atoms with E-state index in [2.05, 4.69) is 15.0 Å². The van der Waals surface area contributed by atoms with E-state index in [1.807, 2.05) is 66.9 Å². The topological polar surface area (TPSA) is 71.3 Å². The molecule has 0 unspecified atom stereocenters. The smallest absolute Gasteiger partial charge is 0.225 e. The summed E-state index contributed by atoms with van der Waals surface area (Å²) in [7, 11) is 0. The van der Waals surface area contributed by atoms with E-state index in [0.29, 0.717) is 24.2 Å². The average Bonchev–Trinajstić information content (AvgIpc) is 3.39. The van der Waals surface area contributed by atoms with Crippen LogP contribution < -0.4 is 9.47 Å². The van der Waals surface area contributed by atoms with Crippen LogP contribution in [0.1, 0.15) is 23.8 Å². The summed E-state index contributed by atoms with van der Waals surface area (Å²) in [5.41, 5.74) is 3.33. The van der Waals surface area contributed by atoms with Gasteiger partial charge in [0.05, 0.1) is 6.33 Å². The van der Waals surface area contributed by atoms with Crippen molar-refractivity contribution in [1.29, 1.82) is 0 Å². The van der Waals surface area contributed by atoms with Gasteiger partial charge in [-0.1, -0.05) is 47.0 Å². The normalized spacial score (nSPS) is 20.3. The molecule has 2 aromatic heterocycles. The summed E-state index contributed by atoms with van der Waals surface area (Å²) in [4.78, 5) is 12.6. The number of imidazole rings is 1. The van der Waals surface area contributed by atoms with E-state index in [1.165, 1.54) is 11.1 Å². The molecule has 3 heterocycles. The zero-order chi connectivity index (χ0) is 22.9. The molecule has 0 saturated carbocycles. The van der Waals surface area contributed by atoms with Gasteiger partial charge in [-0.25, -0.2) is 9.97 Å². The molecule has 1 aliphatic rings. The zero-order valence-electron chi connectivity index (χ0n) is 18.1. The van der Waals surface area contributed by atoms with Crippen LogP contribution in [-0.2, 0) is 4.74 Å². The molecule has 4 aromatic rings. The number of rotatable bonds is 6. The quantitative estimate of drug-likeness (QED) is 0.263. The van der Waals surface area contributed by atoms with Crippen molar-refractivity contribution < 1.29 is 14.2 Å². The number of nitrogens with zero attached hydrogens (tertiary/aromatic N) is 4. The lowest BCUT2D eigenvalue weighted by atomic mass is 10.1. The third kappa shape index (κ3) is 4.76. The lowest BCUT2D eigenvalue weighted by molar-refractivity contribution is -0.0341. The number of ether oxygens (including phenoxy) is 3. The molecule has 0 amide bonds. The molecule has 1 aliphatic heterocycles. The Balaban J connectivity index is 1.40. The Kier molecular flexibility index (Phi) is 6.10. The monoisotopic (exact) mass is 484 g/mol. The summed E-state index contributed by atoms with van der Waals surface area (Å²) in [5, 5.41) is 0.257. The molecular formula is C24H22Cl2N4O3. The van der Waals surface area contributed by atoms with E-state index in [9.17, 15) is 0 Å². The van der Waals surface area contributed by atoms with Gasteiger partial charge in [0.2, 0.25) is 5.28 Å². The minimum absolute atomic E-state index is 0.0546. The van der Waals surface area contributed by atoms with Gasteiger partial charge in [0.25, 0.3) is 0 Å². The van der Waals surface area contributed by atoms with Crippen LogP contribution in [0.3, 0.4) is 0 Å². The Morgan fingerprint density at radius 1 is 0.970 bits per heavy atom. The molecule has 0 N–H and O–H groups in total. The Morgan fingerprint density at radius 3 is 2.33 bits per heavy atom. The van der Waals surface area contributed by atoms with Crippen molar-refractivity contribution in [2.24, 2.45) is 0 Å². The number of aromatic nitrogens is 4. The largest absolute Gasteiger partial charge is 0.491 e. The van der Waals surface area contributed by atoms with Crippen LogP contribution in [0.15, 0.2) is 54.9 Å². The maximum atomic E-state index is 6.37. The second-order valence-electron chi connectivity index (χ2n) is 8.07. The molecule has 0 radical (unpaired) electrons. The Bertz CT molecular complexity index is 1260. The van der Waals surface area contributed by atoms with E-state index in [1.54, 1.807) is 6.33 Å². The van der Waals surface area contributed by atoms with Crippen molar-refractivity contribution in [1.82, 2.24) is 19.5 Å². The molecule has 3 atom stereocenters. The molecule has 0 spiro atoms. The summed E-state index contributed by atoms with van der Waals surface area (Å²) >= 11 is 12.2. The highest BCUT2D eigenvalue weighted by atomic mass is 35.5. The Labute approximate surface area is 201 Å². The van der Waals surface area contributed by atoms with Gasteiger partial charge in [-0.3, -0.25) is 4.57 Å². The van der Waals surface area contributed by atoms with Crippen LogP contribution in [0.4, 0.5) is 0 Å². The first kappa shape index (κ1) is 21.9. The number of hydrogen-bond acceptors (Lipinski definition) is 6. The second kappa shape index (κ2) is 9.17.